The van der Waals surface area contributed by atoms with E-state index >= 15 is 0 Å². The Labute approximate surface area is 279 Å². The highest BCUT2D eigenvalue weighted by atomic mass is 127. The fourth-order valence-corrected chi connectivity index (χ4v) is 7.10. The molecule has 2 unspecified atom stereocenters. The van der Waals surface area contributed by atoms with Crippen LogP contribution in [0.5, 0.6) is 0 Å². The molecule has 4 atom stereocenters. The van der Waals surface area contributed by atoms with Crippen molar-refractivity contribution in [1.82, 2.24) is 30.2 Å². The Bertz CT molecular complexity index is 1390. The molecule has 4 heterocycles. The van der Waals surface area contributed by atoms with Gasteiger partial charge in [-0.3, -0.25) is 0 Å². The van der Waals surface area contributed by atoms with Crippen LogP contribution in [0, 0.1) is 15.5 Å². The molecule has 8 nitrogen and oxygen atoms in total. The van der Waals surface area contributed by atoms with Crippen molar-refractivity contribution < 1.29 is 18.3 Å². The molecule has 240 valence electrons. The van der Waals surface area contributed by atoms with Gasteiger partial charge >= 0.3 is 0 Å². The highest BCUT2D eigenvalue weighted by Gasteiger charge is 2.23. The molecule has 2 aromatic carbocycles. The molecule has 2 aliphatic heterocycles. The van der Waals surface area contributed by atoms with E-state index in [1.54, 1.807) is 15.4 Å². The van der Waals surface area contributed by atoms with Crippen LogP contribution in [0.4, 0.5) is 8.78 Å². The topological polar surface area (TPSA) is 78.2 Å². The summed E-state index contributed by atoms with van der Waals surface area (Å²) in [5, 5.41) is 15.7. The van der Waals surface area contributed by atoms with Crippen LogP contribution in [0.2, 0.25) is 0 Å². The Kier molecular flexibility index (Phi) is 12.4. The third-order valence-electron chi connectivity index (χ3n) is 8.61. The van der Waals surface area contributed by atoms with Crippen LogP contribution in [0.3, 0.4) is 0 Å². The minimum absolute atomic E-state index is 0.115. The second-order valence-corrected chi connectivity index (χ2v) is 13.7. The average molecular weight is 788 g/mol. The summed E-state index contributed by atoms with van der Waals surface area (Å²) in [7, 11) is 4.11. The van der Waals surface area contributed by atoms with Gasteiger partial charge in [0.05, 0.1) is 21.8 Å². The molecule has 1 aliphatic carbocycles. The number of ether oxygens (including phenoxy) is 2. The zero-order chi connectivity index (χ0) is 31.1. The highest BCUT2D eigenvalue weighted by Crippen LogP contribution is 2.30. The maximum Gasteiger partial charge on any atom is 0.240 e. The maximum atomic E-state index is 13.8. The van der Waals surface area contributed by atoms with Gasteiger partial charge in [0.1, 0.15) is 0 Å². The summed E-state index contributed by atoms with van der Waals surface area (Å²) >= 11 is 5.51. The van der Waals surface area contributed by atoms with Gasteiger partial charge in [-0.15, -0.1) is 10.2 Å². The monoisotopic (exact) mass is 786 g/mol. The van der Waals surface area contributed by atoms with Crippen LogP contribution in [-0.4, -0.2) is 59.0 Å². The third-order valence-corrected chi connectivity index (χ3v) is 9.78. The lowest BCUT2D eigenvalue weighted by molar-refractivity contribution is -0.0376. The number of nitrogens with one attached hydrogen (secondary N) is 2. The number of rotatable bonds is 4. The predicted octanol–water partition coefficient (Wildman–Crippen LogP) is 7.85. The molecule has 2 saturated heterocycles. The van der Waals surface area contributed by atoms with Gasteiger partial charge in [-0.25, -0.2) is 9.36 Å². The zero-order valence-corrected chi connectivity index (χ0v) is 29.1. The Morgan fingerprint density at radius 1 is 0.727 bits per heavy atom. The Morgan fingerprint density at radius 3 is 1.68 bits per heavy atom. The molecule has 12 heteroatoms. The molecule has 7 rings (SSSR count). The van der Waals surface area contributed by atoms with Gasteiger partial charge in [-0.1, -0.05) is 28.8 Å². The second-order valence-electron chi connectivity index (χ2n) is 11.5. The summed E-state index contributed by atoms with van der Waals surface area (Å²) in [6.07, 6.45) is 11.4. The van der Waals surface area contributed by atoms with Crippen LogP contribution in [0.1, 0.15) is 76.7 Å². The number of likely N-dealkylation sites (N-methyl/N-ethyl adjacent to an activating group) is 2. The number of fused-ring (bicyclic) bond motifs is 2. The average Bonchev–Trinajstić information content (AvgIpc) is 3.57. The van der Waals surface area contributed by atoms with E-state index < -0.39 is 11.9 Å². The first-order valence-electron chi connectivity index (χ1n) is 15.6. The van der Waals surface area contributed by atoms with Gasteiger partial charge < -0.3 is 20.1 Å². The number of benzene rings is 2. The maximum absolute atomic E-state index is 13.8. The zero-order valence-electron chi connectivity index (χ0n) is 25.4. The fourth-order valence-electron chi connectivity index (χ4n) is 6.25. The van der Waals surface area contributed by atoms with E-state index in [-0.39, 0.29) is 12.5 Å². The van der Waals surface area contributed by atoms with E-state index in [9.17, 15) is 8.78 Å². The first-order valence-corrected chi connectivity index (χ1v) is 17.5. The summed E-state index contributed by atoms with van der Waals surface area (Å²) in [5.74, 6) is -0.844. The second kappa shape index (κ2) is 16.2. The van der Waals surface area contributed by atoms with Crippen molar-refractivity contribution in [3.8, 4) is 0 Å². The van der Waals surface area contributed by atoms with Gasteiger partial charge in [-0.2, -0.15) is 8.78 Å². The molecule has 0 radical (unpaired) electrons. The fraction of sp³-hybridized carbons (Fsp3) is 0.562. The van der Waals surface area contributed by atoms with Crippen molar-refractivity contribution in [3.05, 3.63) is 56.3 Å². The lowest BCUT2D eigenvalue weighted by Crippen LogP contribution is -2.47. The van der Waals surface area contributed by atoms with E-state index in [1.165, 1.54) is 25.7 Å². The summed E-state index contributed by atoms with van der Waals surface area (Å²) in [6.45, 7) is 1.46. The highest BCUT2D eigenvalue weighted by molar-refractivity contribution is 14.1. The molecule has 3 aliphatic rings. The summed E-state index contributed by atoms with van der Waals surface area (Å²) < 4.78 is 44.0. The molecular formula is C32H42BrF2IN6O2. The third kappa shape index (κ3) is 8.16. The predicted molar refractivity (Wildman–Crippen MR) is 182 cm³/mol. The molecule has 0 bridgehead atoms. The van der Waals surface area contributed by atoms with Gasteiger partial charge in [0.25, 0.3) is 0 Å². The SMILES string of the molecule is CN[C@H]1CCCC[C@H]1NC.Fc1nn(C2CCCCO2)c2ccc(Br)cc12.Fc1nn(C2CCCCO2)c2ccc(I)cc12. The first-order chi connectivity index (χ1) is 21.4. The molecule has 2 aromatic heterocycles. The van der Waals surface area contributed by atoms with Gasteiger partial charge in [0, 0.05) is 33.3 Å². The number of hydrogen-bond acceptors (Lipinski definition) is 6. The number of hydrogen-bond donors (Lipinski definition) is 2. The van der Waals surface area contributed by atoms with Gasteiger partial charge in [0.2, 0.25) is 11.9 Å². The summed E-state index contributed by atoms with van der Waals surface area (Å²) in [5.41, 5.74) is 1.60. The smallest absolute Gasteiger partial charge is 0.240 e. The number of halogens is 4. The quantitative estimate of drug-likeness (QED) is 0.205. The van der Waals surface area contributed by atoms with Crippen LogP contribution in [-0.2, 0) is 9.47 Å². The molecule has 2 N–H and O–H groups in total. The molecule has 1 saturated carbocycles. The minimum Gasteiger partial charge on any atom is -0.356 e. The van der Waals surface area contributed by atoms with Crippen LogP contribution < -0.4 is 10.6 Å². The van der Waals surface area contributed by atoms with Crippen molar-refractivity contribution in [2.75, 3.05) is 27.3 Å². The van der Waals surface area contributed by atoms with Gasteiger partial charge in [0.15, 0.2) is 12.5 Å². The van der Waals surface area contributed by atoms with Crippen molar-refractivity contribution in [3.63, 3.8) is 0 Å². The molecule has 0 amide bonds. The standard InChI is InChI=1S/C12H12BrFN2O.C12H12FIN2O.C8H18N2/c13-8-4-5-10-9(7-8)12(14)15-16(10)11-3-1-2-6-17-11;13-12-9-7-8(14)4-5-10(9)16(15-12)11-3-1-2-6-17-11;1-9-7-5-3-4-6-8(7)10-2/h2*4-5,7,11H,1-3,6H2;7-10H,3-6H2,1-2H3/t;;7-,8+. The number of aromatic nitrogens is 4. The van der Waals surface area contributed by atoms with E-state index in [4.69, 9.17) is 9.47 Å². The van der Waals surface area contributed by atoms with E-state index in [2.05, 4.69) is 73.4 Å². The lowest BCUT2D eigenvalue weighted by Gasteiger charge is -2.30. The summed E-state index contributed by atoms with van der Waals surface area (Å²) in [4.78, 5) is 0. The van der Waals surface area contributed by atoms with Gasteiger partial charge in [-0.05, 0) is 124 Å². The molecule has 3 fully saturated rings. The Morgan fingerprint density at radius 2 is 1.20 bits per heavy atom. The molecule has 0 spiro atoms. The largest absolute Gasteiger partial charge is 0.356 e. The minimum atomic E-state index is -0.435. The molecular weight excluding hydrogens is 745 g/mol. The first kappa shape index (κ1) is 33.6. The lowest BCUT2D eigenvalue weighted by atomic mass is 9.91. The molecule has 44 heavy (non-hydrogen) atoms. The van der Waals surface area contributed by atoms with Crippen molar-refractivity contribution in [2.45, 2.75) is 88.7 Å². The van der Waals surface area contributed by atoms with E-state index in [1.807, 2.05) is 30.3 Å². The Balaban J connectivity index is 0.000000136. The van der Waals surface area contributed by atoms with E-state index in [0.29, 0.717) is 22.9 Å². The van der Waals surface area contributed by atoms with Crippen molar-refractivity contribution >= 4 is 60.3 Å². The Hall–Kier alpha value is -1.71. The van der Waals surface area contributed by atoms with E-state index in [0.717, 1.165) is 70.8 Å². The van der Waals surface area contributed by atoms with Crippen LogP contribution >= 0.6 is 38.5 Å². The summed E-state index contributed by atoms with van der Waals surface area (Å²) in [6, 6.07) is 12.6. The normalized spacial score (nSPS) is 24.0. The van der Waals surface area contributed by atoms with Crippen LogP contribution in [0.25, 0.3) is 21.8 Å². The van der Waals surface area contributed by atoms with Crippen molar-refractivity contribution in [2.24, 2.45) is 0 Å². The number of nitrogens with zero attached hydrogens (tertiary/aromatic N) is 4. The van der Waals surface area contributed by atoms with Crippen LogP contribution in [0.15, 0.2) is 40.9 Å². The van der Waals surface area contributed by atoms with Crippen molar-refractivity contribution in [1.29, 1.82) is 0 Å². The molecule has 4 aromatic rings.